The molecule has 0 aliphatic rings. The predicted octanol–water partition coefficient (Wildman–Crippen LogP) is 4.10. The van der Waals surface area contributed by atoms with E-state index in [1.807, 2.05) is 0 Å². The summed E-state index contributed by atoms with van der Waals surface area (Å²) in [6.45, 7) is 3.25. The van der Waals surface area contributed by atoms with Gasteiger partial charge in [0, 0.05) is 22.7 Å². The molecule has 144 valence electrons. The van der Waals surface area contributed by atoms with E-state index in [1.165, 1.54) is 12.1 Å². The normalized spacial score (nSPS) is 11.3. The van der Waals surface area contributed by atoms with Gasteiger partial charge < -0.3 is 10.4 Å². The minimum absolute atomic E-state index is 0.0675. The number of halogens is 2. The van der Waals surface area contributed by atoms with Gasteiger partial charge in [0.05, 0.1) is 11.3 Å². The highest BCUT2D eigenvalue weighted by molar-refractivity contribution is 6.30. The maximum Gasteiger partial charge on any atom is 0.270 e. The molecule has 0 saturated heterocycles. The van der Waals surface area contributed by atoms with Crippen molar-refractivity contribution in [3.05, 3.63) is 71.1 Å². The molecular weight excluding hydrogens is 381 g/mol. The summed E-state index contributed by atoms with van der Waals surface area (Å²) in [5.74, 6) is -0.523. The summed E-state index contributed by atoms with van der Waals surface area (Å²) in [4.78, 5) is 21.4. The van der Waals surface area contributed by atoms with Crippen molar-refractivity contribution in [2.75, 3.05) is 6.54 Å². The summed E-state index contributed by atoms with van der Waals surface area (Å²) >= 11 is 5.95. The van der Waals surface area contributed by atoms with Gasteiger partial charge in [-0.3, -0.25) is 4.79 Å². The third-order valence-corrected chi connectivity index (χ3v) is 4.13. The van der Waals surface area contributed by atoms with Crippen molar-refractivity contribution in [2.45, 2.75) is 19.4 Å². The molecule has 1 heterocycles. The molecule has 7 heteroatoms. The van der Waals surface area contributed by atoms with Crippen molar-refractivity contribution in [2.24, 2.45) is 0 Å². The van der Waals surface area contributed by atoms with Crippen LogP contribution < -0.4 is 5.32 Å². The second kappa shape index (κ2) is 8.04. The number of rotatable bonds is 5. The highest BCUT2D eigenvalue weighted by atomic mass is 35.5. The van der Waals surface area contributed by atoms with Crippen molar-refractivity contribution < 1.29 is 14.3 Å². The first kappa shape index (κ1) is 19.9. The van der Waals surface area contributed by atoms with Gasteiger partial charge in [0.15, 0.2) is 5.82 Å². The summed E-state index contributed by atoms with van der Waals surface area (Å²) in [6, 6.07) is 14.3. The molecule has 1 aromatic heterocycles. The van der Waals surface area contributed by atoms with Crippen LogP contribution in [-0.4, -0.2) is 33.1 Å². The standard InChI is InChI=1S/C21H19ClFN3O2/c1-21(2,28)12-24-20(27)18-11-17(13-3-7-15(22)8-4-13)25-19(26-18)14-5-9-16(23)10-6-14/h3-11,28H,12H2,1-2H3,(H,24,27). The van der Waals surface area contributed by atoms with E-state index in [1.54, 1.807) is 56.3 Å². The van der Waals surface area contributed by atoms with Crippen LogP contribution in [0.5, 0.6) is 0 Å². The Kier molecular flexibility index (Phi) is 5.72. The lowest BCUT2D eigenvalue weighted by Gasteiger charge is -2.17. The van der Waals surface area contributed by atoms with E-state index in [9.17, 15) is 14.3 Å². The van der Waals surface area contributed by atoms with E-state index in [0.717, 1.165) is 5.56 Å². The van der Waals surface area contributed by atoms with Crippen molar-refractivity contribution in [1.82, 2.24) is 15.3 Å². The third-order valence-electron chi connectivity index (χ3n) is 3.88. The number of carbonyl (C=O) groups is 1. The molecule has 1 amide bonds. The first-order valence-electron chi connectivity index (χ1n) is 8.63. The van der Waals surface area contributed by atoms with Gasteiger partial charge in [-0.1, -0.05) is 23.7 Å². The van der Waals surface area contributed by atoms with Crippen molar-refractivity contribution in [3.63, 3.8) is 0 Å². The molecule has 0 aliphatic carbocycles. The number of nitrogens with zero attached hydrogens (tertiary/aromatic N) is 2. The topological polar surface area (TPSA) is 75.1 Å². The van der Waals surface area contributed by atoms with Gasteiger partial charge in [-0.25, -0.2) is 14.4 Å². The number of amides is 1. The van der Waals surface area contributed by atoms with E-state index in [0.29, 0.717) is 22.1 Å². The summed E-state index contributed by atoms with van der Waals surface area (Å²) in [6.07, 6.45) is 0. The number of aromatic nitrogens is 2. The lowest BCUT2D eigenvalue weighted by molar-refractivity contribution is 0.0692. The largest absolute Gasteiger partial charge is 0.389 e. The molecule has 28 heavy (non-hydrogen) atoms. The Balaban J connectivity index is 2.04. The number of hydrogen-bond donors (Lipinski definition) is 2. The first-order chi connectivity index (χ1) is 13.2. The molecule has 0 spiro atoms. The molecule has 2 N–H and O–H groups in total. The number of nitrogens with one attached hydrogen (secondary N) is 1. The van der Waals surface area contributed by atoms with Gasteiger partial charge in [0.2, 0.25) is 0 Å². The maximum absolute atomic E-state index is 13.3. The minimum atomic E-state index is -1.05. The van der Waals surface area contributed by atoms with Crippen LogP contribution in [0, 0.1) is 5.82 Å². The van der Waals surface area contributed by atoms with E-state index in [2.05, 4.69) is 15.3 Å². The fourth-order valence-corrected chi connectivity index (χ4v) is 2.57. The molecular formula is C21H19ClFN3O2. The first-order valence-corrected chi connectivity index (χ1v) is 9.01. The van der Waals surface area contributed by atoms with Gasteiger partial charge in [0.25, 0.3) is 5.91 Å². The zero-order valence-corrected chi connectivity index (χ0v) is 16.2. The van der Waals surface area contributed by atoms with Crippen LogP contribution >= 0.6 is 11.6 Å². The summed E-state index contributed by atoms with van der Waals surface area (Å²) in [5.41, 5.74) is 0.949. The van der Waals surface area contributed by atoms with Crippen molar-refractivity contribution in [1.29, 1.82) is 0 Å². The number of hydrogen-bond acceptors (Lipinski definition) is 4. The molecule has 3 aromatic rings. The zero-order valence-electron chi connectivity index (χ0n) is 15.4. The fourth-order valence-electron chi connectivity index (χ4n) is 2.45. The van der Waals surface area contributed by atoms with E-state index >= 15 is 0 Å². The smallest absolute Gasteiger partial charge is 0.270 e. The lowest BCUT2D eigenvalue weighted by atomic mass is 10.1. The van der Waals surface area contributed by atoms with Gasteiger partial charge in [-0.15, -0.1) is 0 Å². The number of aliphatic hydroxyl groups is 1. The average Bonchev–Trinajstić information content (AvgIpc) is 2.66. The highest BCUT2D eigenvalue weighted by Gasteiger charge is 2.18. The fraction of sp³-hybridized carbons (Fsp3) is 0.190. The third kappa shape index (κ3) is 5.12. The van der Waals surface area contributed by atoms with E-state index < -0.39 is 11.5 Å². The Morgan fingerprint density at radius 3 is 2.29 bits per heavy atom. The Hall–Kier alpha value is -2.83. The van der Waals surface area contributed by atoms with Gasteiger partial charge in [-0.2, -0.15) is 0 Å². The van der Waals surface area contributed by atoms with Gasteiger partial charge in [0.1, 0.15) is 11.5 Å². The van der Waals surface area contributed by atoms with Crippen LogP contribution in [0.1, 0.15) is 24.3 Å². The monoisotopic (exact) mass is 399 g/mol. The van der Waals surface area contributed by atoms with Crippen LogP contribution in [-0.2, 0) is 0 Å². The zero-order chi connectivity index (χ0) is 20.3. The maximum atomic E-state index is 13.3. The highest BCUT2D eigenvalue weighted by Crippen LogP contribution is 2.24. The second-order valence-electron chi connectivity index (χ2n) is 6.97. The Bertz CT molecular complexity index is 920. The molecule has 2 aromatic carbocycles. The van der Waals surface area contributed by atoms with Crippen LogP contribution in [0.2, 0.25) is 5.02 Å². The van der Waals surface area contributed by atoms with E-state index in [4.69, 9.17) is 11.6 Å². The van der Waals surface area contributed by atoms with Crippen LogP contribution in [0.4, 0.5) is 4.39 Å². The van der Waals surface area contributed by atoms with Gasteiger partial charge >= 0.3 is 0 Å². The molecule has 0 fully saturated rings. The summed E-state index contributed by atoms with van der Waals surface area (Å²) in [7, 11) is 0. The molecule has 0 atom stereocenters. The minimum Gasteiger partial charge on any atom is -0.389 e. The second-order valence-corrected chi connectivity index (χ2v) is 7.41. The Morgan fingerprint density at radius 1 is 1.07 bits per heavy atom. The summed E-state index contributed by atoms with van der Waals surface area (Å²) in [5, 5.41) is 13.1. The average molecular weight is 400 g/mol. The van der Waals surface area contributed by atoms with Crippen LogP contribution in [0.25, 0.3) is 22.6 Å². The Morgan fingerprint density at radius 2 is 1.68 bits per heavy atom. The van der Waals surface area contributed by atoms with Crippen LogP contribution in [0.15, 0.2) is 54.6 Å². The number of carbonyl (C=O) groups excluding carboxylic acids is 1. The molecule has 5 nitrogen and oxygen atoms in total. The Labute approximate surface area is 167 Å². The molecule has 0 saturated carbocycles. The van der Waals surface area contributed by atoms with Gasteiger partial charge in [-0.05, 0) is 56.3 Å². The predicted molar refractivity (Wildman–Crippen MR) is 107 cm³/mol. The molecule has 0 unspecified atom stereocenters. The number of benzene rings is 2. The lowest BCUT2D eigenvalue weighted by Crippen LogP contribution is -2.38. The molecule has 0 aliphatic heterocycles. The van der Waals surface area contributed by atoms with Crippen molar-refractivity contribution in [3.8, 4) is 22.6 Å². The molecule has 3 rings (SSSR count). The van der Waals surface area contributed by atoms with Crippen molar-refractivity contribution >= 4 is 17.5 Å². The quantitative estimate of drug-likeness (QED) is 0.677. The van der Waals surface area contributed by atoms with Crippen LogP contribution in [0.3, 0.4) is 0 Å². The SMILES string of the molecule is CC(C)(O)CNC(=O)c1cc(-c2ccc(Cl)cc2)nc(-c2ccc(F)cc2)n1. The molecule has 0 radical (unpaired) electrons. The molecule has 0 bridgehead atoms. The summed E-state index contributed by atoms with van der Waals surface area (Å²) < 4.78 is 13.3. The van der Waals surface area contributed by atoms with E-state index in [-0.39, 0.29) is 18.1 Å².